The SMILES string of the molecule is O=C(N[C@@H](CO)Cc1ccccc1)c1cnccn1. The van der Waals surface area contributed by atoms with Crippen molar-refractivity contribution >= 4 is 5.91 Å². The second-order valence-electron chi connectivity index (χ2n) is 4.13. The predicted molar refractivity (Wildman–Crippen MR) is 70.5 cm³/mol. The summed E-state index contributed by atoms with van der Waals surface area (Å²) in [6, 6.07) is 9.35. The number of hydrogen-bond donors (Lipinski definition) is 2. The maximum atomic E-state index is 11.9. The Bertz CT molecular complexity index is 517. The number of nitrogens with one attached hydrogen (secondary N) is 1. The lowest BCUT2D eigenvalue weighted by Crippen LogP contribution is -2.39. The lowest BCUT2D eigenvalue weighted by atomic mass is 10.1. The molecule has 0 aliphatic heterocycles. The van der Waals surface area contributed by atoms with E-state index in [1.807, 2.05) is 30.3 Å². The number of aliphatic hydroxyl groups is 1. The molecule has 2 rings (SSSR count). The molecule has 0 aliphatic carbocycles. The van der Waals surface area contributed by atoms with E-state index in [4.69, 9.17) is 0 Å². The highest BCUT2D eigenvalue weighted by molar-refractivity contribution is 5.92. The van der Waals surface area contributed by atoms with Gasteiger partial charge in [0.25, 0.3) is 5.91 Å². The molecule has 2 N–H and O–H groups in total. The van der Waals surface area contributed by atoms with Crippen LogP contribution >= 0.6 is 0 Å². The van der Waals surface area contributed by atoms with Crippen LogP contribution in [0.3, 0.4) is 0 Å². The van der Waals surface area contributed by atoms with Gasteiger partial charge in [0.15, 0.2) is 0 Å². The molecule has 0 unspecified atom stereocenters. The molecule has 1 heterocycles. The zero-order chi connectivity index (χ0) is 13.5. The molecule has 1 atom stereocenters. The molecule has 1 aromatic carbocycles. The minimum atomic E-state index is -0.336. The predicted octanol–water partition coefficient (Wildman–Crippen LogP) is 0.810. The van der Waals surface area contributed by atoms with E-state index in [1.165, 1.54) is 18.6 Å². The van der Waals surface area contributed by atoms with E-state index in [1.54, 1.807) is 0 Å². The summed E-state index contributed by atoms with van der Waals surface area (Å²) in [6.07, 6.45) is 4.93. The Hall–Kier alpha value is -2.27. The van der Waals surface area contributed by atoms with Crippen molar-refractivity contribution in [2.45, 2.75) is 12.5 Å². The molecule has 0 saturated carbocycles. The van der Waals surface area contributed by atoms with Gasteiger partial charge in [0.2, 0.25) is 0 Å². The third-order valence-corrected chi connectivity index (χ3v) is 2.68. The fourth-order valence-electron chi connectivity index (χ4n) is 1.74. The van der Waals surface area contributed by atoms with Crippen LogP contribution in [0.1, 0.15) is 16.1 Å². The Balaban J connectivity index is 1.98. The van der Waals surface area contributed by atoms with Crippen molar-refractivity contribution in [1.82, 2.24) is 15.3 Å². The second-order valence-corrected chi connectivity index (χ2v) is 4.13. The van der Waals surface area contributed by atoms with Crippen molar-refractivity contribution in [2.24, 2.45) is 0 Å². The summed E-state index contributed by atoms with van der Waals surface area (Å²) in [5.74, 6) is -0.330. The van der Waals surface area contributed by atoms with E-state index >= 15 is 0 Å². The molecule has 2 aromatic rings. The molecule has 0 spiro atoms. The third kappa shape index (κ3) is 3.86. The van der Waals surface area contributed by atoms with Crippen LogP contribution in [0.2, 0.25) is 0 Å². The number of hydrogen-bond acceptors (Lipinski definition) is 4. The highest BCUT2D eigenvalue weighted by Crippen LogP contribution is 2.03. The number of nitrogens with zero attached hydrogens (tertiary/aromatic N) is 2. The van der Waals surface area contributed by atoms with Crippen LogP contribution in [0.5, 0.6) is 0 Å². The van der Waals surface area contributed by atoms with Crippen LogP contribution < -0.4 is 5.32 Å². The first-order valence-electron chi connectivity index (χ1n) is 6.01. The van der Waals surface area contributed by atoms with Gasteiger partial charge in [-0.3, -0.25) is 9.78 Å². The first-order chi connectivity index (χ1) is 9.29. The van der Waals surface area contributed by atoms with Crippen LogP contribution in [-0.4, -0.2) is 33.6 Å². The number of benzene rings is 1. The minimum absolute atomic E-state index is 0.124. The number of aliphatic hydroxyl groups excluding tert-OH is 1. The van der Waals surface area contributed by atoms with E-state index < -0.39 is 0 Å². The van der Waals surface area contributed by atoms with Gasteiger partial charge in [0, 0.05) is 12.4 Å². The van der Waals surface area contributed by atoms with Crippen LogP contribution in [0.25, 0.3) is 0 Å². The van der Waals surface area contributed by atoms with Crippen LogP contribution in [0, 0.1) is 0 Å². The normalized spacial score (nSPS) is 11.8. The minimum Gasteiger partial charge on any atom is -0.394 e. The molecular weight excluding hydrogens is 242 g/mol. The Labute approximate surface area is 111 Å². The zero-order valence-electron chi connectivity index (χ0n) is 10.4. The molecule has 5 heteroatoms. The summed E-state index contributed by atoms with van der Waals surface area (Å²) < 4.78 is 0. The highest BCUT2D eigenvalue weighted by atomic mass is 16.3. The maximum Gasteiger partial charge on any atom is 0.271 e. The fraction of sp³-hybridized carbons (Fsp3) is 0.214. The molecule has 19 heavy (non-hydrogen) atoms. The van der Waals surface area contributed by atoms with Crippen molar-refractivity contribution in [1.29, 1.82) is 0 Å². The molecule has 0 aliphatic rings. The molecule has 0 saturated heterocycles. The number of amides is 1. The Morgan fingerprint density at radius 3 is 2.68 bits per heavy atom. The van der Waals surface area contributed by atoms with Gasteiger partial charge in [-0.05, 0) is 12.0 Å². The molecule has 1 amide bonds. The maximum absolute atomic E-state index is 11.9. The van der Waals surface area contributed by atoms with E-state index in [0.29, 0.717) is 6.42 Å². The summed E-state index contributed by atoms with van der Waals surface area (Å²) in [5.41, 5.74) is 1.30. The van der Waals surface area contributed by atoms with E-state index in [9.17, 15) is 9.90 Å². The number of aromatic nitrogens is 2. The monoisotopic (exact) mass is 257 g/mol. The smallest absolute Gasteiger partial charge is 0.271 e. The first kappa shape index (κ1) is 13.2. The Morgan fingerprint density at radius 2 is 2.05 bits per heavy atom. The van der Waals surface area contributed by atoms with Crippen molar-refractivity contribution < 1.29 is 9.90 Å². The van der Waals surface area contributed by atoms with E-state index in [0.717, 1.165) is 5.56 Å². The molecule has 98 valence electrons. The summed E-state index contributed by atoms with van der Waals surface area (Å²) in [4.78, 5) is 19.6. The van der Waals surface area contributed by atoms with Crippen LogP contribution in [0.4, 0.5) is 0 Å². The third-order valence-electron chi connectivity index (χ3n) is 2.68. The molecule has 5 nitrogen and oxygen atoms in total. The number of carbonyl (C=O) groups is 1. The standard InChI is InChI=1S/C14H15N3O2/c18-10-12(8-11-4-2-1-3-5-11)17-14(19)13-9-15-6-7-16-13/h1-7,9,12,18H,8,10H2,(H,17,19)/t12-/m1/s1. The summed E-state index contributed by atoms with van der Waals surface area (Å²) in [6.45, 7) is -0.124. The molecule has 0 fully saturated rings. The quantitative estimate of drug-likeness (QED) is 0.831. The van der Waals surface area contributed by atoms with Crippen LogP contribution in [0.15, 0.2) is 48.9 Å². The van der Waals surface area contributed by atoms with E-state index in [2.05, 4.69) is 15.3 Å². The molecular formula is C14H15N3O2. The van der Waals surface area contributed by atoms with E-state index in [-0.39, 0.29) is 24.2 Å². The van der Waals surface area contributed by atoms with Crippen molar-refractivity contribution in [3.05, 3.63) is 60.2 Å². The topological polar surface area (TPSA) is 75.1 Å². The first-order valence-corrected chi connectivity index (χ1v) is 6.01. The zero-order valence-corrected chi connectivity index (χ0v) is 10.4. The van der Waals surface area contributed by atoms with Crippen molar-refractivity contribution in [3.8, 4) is 0 Å². The molecule has 1 aromatic heterocycles. The fourth-order valence-corrected chi connectivity index (χ4v) is 1.74. The number of rotatable bonds is 5. The van der Waals surface area contributed by atoms with Gasteiger partial charge < -0.3 is 10.4 Å². The summed E-state index contributed by atoms with van der Waals surface area (Å²) in [5, 5.41) is 12.1. The van der Waals surface area contributed by atoms with Gasteiger partial charge in [-0.2, -0.15) is 0 Å². The average Bonchev–Trinajstić information content (AvgIpc) is 2.48. The van der Waals surface area contributed by atoms with Gasteiger partial charge in [-0.15, -0.1) is 0 Å². The second kappa shape index (κ2) is 6.61. The molecule has 0 radical (unpaired) electrons. The summed E-state index contributed by atoms with van der Waals surface area (Å²) >= 11 is 0. The Kier molecular flexibility index (Phi) is 4.58. The Morgan fingerprint density at radius 1 is 1.26 bits per heavy atom. The highest BCUT2D eigenvalue weighted by Gasteiger charge is 2.14. The summed E-state index contributed by atoms with van der Waals surface area (Å²) in [7, 11) is 0. The number of carbonyl (C=O) groups excluding carboxylic acids is 1. The lowest BCUT2D eigenvalue weighted by molar-refractivity contribution is 0.0911. The van der Waals surface area contributed by atoms with Crippen molar-refractivity contribution in [2.75, 3.05) is 6.61 Å². The molecule has 0 bridgehead atoms. The van der Waals surface area contributed by atoms with Gasteiger partial charge >= 0.3 is 0 Å². The van der Waals surface area contributed by atoms with Gasteiger partial charge in [0.05, 0.1) is 18.8 Å². The van der Waals surface area contributed by atoms with Crippen LogP contribution in [-0.2, 0) is 6.42 Å². The van der Waals surface area contributed by atoms with Gasteiger partial charge in [-0.25, -0.2) is 4.98 Å². The lowest BCUT2D eigenvalue weighted by Gasteiger charge is -2.15. The van der Waals surface area contributed by atoms with Crippen molar-refractivity contribution in [3.63, 3.8) is 0 Å². The largest absolute Gasteiger partial charge is 0.394 e. The average molecular weight is 257 g/mol. The van der Waals surface area contributed by atoms with Gasteiger partial charge in [-0.1, -0.05) is 30.3 Å². The van der Waals surface area contributed by atoms with Gasteiger partial charge in [0.1, 0.15) is 5.69 Å².